The van der Waals surface area contributed by atoms with Gasteiger partial charge in [0.05, 0.1) is 12.4 Å². The molecule has 2 rings (SSSR count). The molecule has 0 saturated heterocycles. The van der Waals surface area contributed by atoms with Crippen LogP contribution in [0.25, 0.3) is 0 Å². The zero-order valence-electron chi connectivity index (χ0n) is 8.30. The summed E-state index contributed by atoms with van der Waals surface area (Å²) in [4.78, 5) is 19.5. The maximum atomic E-state index is 11.6. The average molecular weight is 220 g/mol. The molecule has 0 atom stereocenters. The van der Waals surface area contributed by atoms with E-state index in [1.54, 1.807) is 7.05 Å². The van der Waals surface area contributed by atoms with Crippen molar-refractivity contribution in [1.82, 2.24) is 30.6 Å². The van der Waals surface area contributed by atoms with Crippen LogP contribution in [-0.4, -0.2) is 43.5 Å². The number of amides is 1. The highest BCUT2D eigenvalue weighted by Gasteiger charge is 2.10. The Morgan fingerprint density at radius 1 is 1.44 bits per heavy atom. The highest BCUT2D eigenvalue weighted by Crippen LogP contribution is 2.02. The number of nitrogens with one attached hydrogen (secondary N) is 3. The van der Waals surface area contributed by atoms with E-state index in [4.69, 9.17) is 0 Å². The van der Waals surface area contributed by atoms with Gasteiger partial charge in [-0.05, 0) is 5.21 Å². The van der Waals surface area contributed by atoms with Crippen LogP contribution in [0.5, 0.6) is 0 Å². The molecule has 0 radical (unpaired) electrons. The maximum Gasteiger partial charge on any atom is 0.278 e. The monoisotopic (exact) mass is 220 g/mol. The second-order valence-electron chi connectivity index (χ2n) is 2.73. The van der Waals surface area contributed by atoms with Crippen molar-refractivity contribution in [2.24, 2.45) is 0 Å². The zero-order valence-corrected chi connectivity index (χ0v) is 8.30. The Bertz CT molecular complexity index is 481. The van der Waals surface area contributed by atoms with Crippen LogP contribution in [0.2, 0.25) is 0 Å². The van der Waals surface area contributed by atoms with Crippen molar-refractivity contribution in [2.75, 3.05) is 17.7 Å². The minimum absolute atomic E-state index is 0.0849. The summed E-state index contributed by atoms with van der Waals surface area (Å²) >= 11 is 0. The lowest BCUT2D eigenvalue weighted by Crippen LogP contribution is -2.15. The van der Waals surface area contributed by atoms with Crippen molar-refractivity contribution in [3.05, 3.63) is 18.1 Å². The molecule has 0 bridgehead atoms. The van der Waals surface area contributed by atoms with E-state index in [2.05, 4.69) is 41.2 Å². The molecule has 0 aliphatic carbocycles. The summed E-state index contributed by atoms with van der Waals surface area (Å²) < 4.78 is 0. The molecule has 0 saturated carbocycles. The minimum Gasteiger partial charge on any atom is -0.372 e. The number of H-pyrrole nitrogens is 1. The number of rotatable bonds is 3. The van der Waals surface area contributed by atoms with Crippen LogP contribution < -0.4 is 10.6 Å². The third-order valence-electron chi connectivity index (χ3n) is 1.69. The van der Waals surface area contributed by atoms with Crippen molar-refractivity contribution in [1.29, 1.82) is 0 Å². The van der Waals surface area contributed by atoms with Gasteiger partial charge in [0.15, 0.2) is 0 Å². The molecule has 0 aliphatic heterocycles. The van der Waals surface area contributed by atoms with Crippen LogP contribution in [0, 0.1) is 0 Å². The van der Waals surface area contributed by atoms with E-state index in [0.717, 1.165) is 0 Å². The highest BCUT2D eigenvalue weighted by atomic mass is 16.2. The van der Waals surface area contributed by atoms with Gasteiger partial charge in [0.1, 0.15) is 11.5 Å². The predicted octanol–water partition coefficient (Wildman–Crippen LogP) is -0.716. The van der Waals surface area contributed by atoms with Crippen molar-refractivity contribution < 1.29 is 4.79 Å². The van der Waals surface area contributed by atoms with Gasteiger partial charge in [-0.1, -0.05) is 5.10 Å². The van der Waals surface area contributed by atoms with E-state index >= 15 is 0 Å². The van der Waals surface area contributed by atoms with Crippen molar-refractivity contribution >= 4 is 17.7 Å². The van der Waals surface area contributed by atoms with E-state index in [1.165, 1.54) is 12.4 Å². The van der Waals surface area contributed by atoms with Crippen molar-refractivity contribution in [2.45, 2.75) is 0 Å². The number of nitrogens with zero attached hydrogens (tertiary/aromatic N) is 5. The lowest BCUT2D eigenvalue weighted by molar-refractivity contribution is 0.102. The van der Waals surface area contributed by atoms with Crippen LogP contribution in [0.3, 0.4) is 0 Å². The van der Waals surface area contributed by atoms with E-state index in [1.807, 2.05) is 0 Å². The van der Waals surface area contributed by atoms with Gasteiger partial charge < -0.3 is 5.32 Å². The average Bonchev–Trinajstić information content (AvgIpc) is 2.82. The molecule has 0 aromatic carbocycles. The zero-order chi connectivity index (χ0) is 11.4. The molecule has 2 aromatic heterocycles. The molecule has 1 amide bonds. The lowest BCUT2D eigenvalue weighted by atomic mass is 10.4. The van der Waals surface area contributed by atoms with Crippen LogP contribution in [0.15, 0.2) is 12.4 Å². The molecule has 3 N–H and O–H groups in total. The van der Waals surface area contributed by atoms with E-state index in [0.29, 0.717) is 5.82 Å². The Hall–Kier alpha value is -2.58. The highest BCUT2D eigenvalue weighted by molar-refractivity contribution is 6.01. The molecule has 9 heteroatoms. The molecular formula is C7H8N8O. The third kappa shape index (κ3) is 2.08. The van der Waals surface area contributed by atoms with Gasteiger partial charge in [-0.25, -0.2) is 4.98 Å². The van der Waals surface area contributed by atoms with Crippen LogP contribution >= 0.6 is 0 Å². The molecule has 0 spiro atoms. The van der Waals surface area contributed by atoms with Gasteiger partial charge in [-0.2, -0.15) is 5.21 Å². The predicted molar refractivity (Wildman–Crippen MR) is 53.7 cm³/mol. The van der Waals surface area contributed by atoms with E-state index < -0.39 is 5.91 Å². The van der Waals surface area contributed by atoms with Gasteiger partial charge in [-0.3, -0.25) is 15.1 Å². The van der Waals surface area contributed by atoms with E-state index in [9.17, 15) is 4.79 Å². The normalized spacial score (nSPS) is 9.81. The third-order valence-corrected chi connectivity index (χ3v) is 1.69. The standard InChI is InChI=1S/C7H8N8O/c1-8-5-3-9-2-4(10-5)6(16)11-7-12-14-15-13-7/h2-3H,1H3,(H,8,10)(H2,11,12,13,14,15,16). The number of aromatic amines is 1. The number of carbonyl (C=O) groups is 1. The first-order valence-corrected chi connectivity index (χ1v) is 4.34. The SMILES string of the molecule is CNc1cncc(C(=O)Nc2nn[nH]n2)n1. The fourth-order valence-electron chi connectivity index (χ4n) is 0.976. The molecular weight excluding hydrogens is 212 g/mol. The molecule has 82 valence electrons. The molecule has 2 heterocycles. The largest absolute Gasteiger partial charge is 0.372 e. The fourth-order valence-corrected chi connectivity index (χ4v) is 0.976. The summed E-state index contributed by atoms with van der Waals surface area (Å²) in [5.41, 5.74) is 0.164. The molecule has 9 nitrogen and oxygen atoms in total. The smallest absolute Gasteiger partial charge is 0.278 e. The fraction of sp³-hybridized carbons (Fsp3) is 0.143. The Morgan fingerprint density at radius 3 is 3.00 bits per heavy atom. The number of hydrogen-bond donors (Lipinski definition) is 3. The summed E-state index contributed by atoms with van der Waals surface area (Å²) in [6, 6.07) is 0. The first-order chi connectivity index (χ1) is 7.79. The maximum absolute atomic E-state index is 11.6. The topological polar surface area (TPSA) is 121 Å². The lowest BCUT2D eigenvalue weighted by Gasteiger charge is -2.01. The number of tetrazole rings is 1. The van der Waals surface area contributed by atoms with Crippen LogP contribution in [0.4, 0.5) is 11.8 Å². The van der Waals surface area contributed by atoms with Gasteiger partial charge in [0.2, 0.25) is 0 Å². The van der Waals surface area contributed by atoms with Crippen LogP contribution in [0.1, 0.15) is 10.5 Å². The summed E-state index contributed by atoms with van der Waals surface area (Å²) in [6.07, 6.45) is 2.85. The van der Waals surface area contributed by atoms with Gasteiger partial charge in [0, 0.05) is 7.05 Å². The summed E-state index contributed by atoms with van der Waals surface area (Å²) in [5, 5.41) is 17.9. The molecule has 0 unspecified atom stereocenters. The molecule has 0 fully saturated rings. The number of aromatic nitrogens is 6. The molecule has 16 heavy (non-hydrogen) atoms. The second-order valence-corrected chi connectivity index (χ2v) is 2.73. The Kier molecular flexibility index (Phi) is 2.67. The Morgan fingerprint density at radius 2 is 2.31 bits per heavy atom. The minimum atomic E-state index is -0.453. The Labute approximate surface area is 89.7 Å². The first kappa shape index (κ1) is 9.96. The summed E-state index contributed by atoms with van der Waals surface area (Å²) in [7, 11) is 1.69. The van der Waals surface area contributed by atoms with Gasteiger partial charge >= 0.3 is 0 Å². The number of carbonyl (C=O) groups excluding carboxylic acids is 1. The first-order valence-electron chi connectivity index (χ1n) is 4.34. The Balaban J connectivity index is 2.14. The van der Waals surface area contributed by atoms with Crippen molar-refractivity contribution in [3.8, 4) is 0 Å². The van der Waals surface area contributed by atoms with E-state index in [-0.39, 0.29) is 11.6 Å². The number of hydrogen-bond acceptors (Lipinski definition) is 7. The van der Waals surface area contributed by atoms with Crippen LogP contribution in [-0.2, 0) is 0 Å². The summed E-state index contributed by atoms with van der Waals surface area (Å²) in [5.74, 6) is 0.133. The molecule has 0 aliphatic rings. The van der Waals surface area contributed by atoms with Crippen molar-refractivity contribution in [3.63, 3.8) is 0 Å². The number of anilines is 2. The van der Waals surface area contributed by atoms with Gasteiger partial charge in [0.25, 0.3) is 11.9 Å². The second kappa shape index (κ2) is 4.29. The summed E-state index contributed by atoms with van der Waals surface area (Å²) in [6.45, 7) is 0. The molecule has 2 aromatic rings. The van der Waals surface area contributed by atoms with Gasteiger partial charge in [-0.15, -0.1) is 5.10 Å². The quantitative estimate of drug-likeness (QED) is 0.624.